The Morgan fingerprint density at radius 3 is 2.70 bits per heavy atom. The number of aliphatic carboxylic acids is 1. The molecule has 0 aliphatic heterocycles. The lowest BCUT2D eigenvalue weighted by Crippen LogP contribution is -2.10. The lowest BCUT2D eigenvalue weighted by Gasteiger charge is -2.06. The van der Waals surface area contributed by atoms with Crippen LogP contribution in [0.3, 0.4) is 0 Å². The molecule has 0 aliphatic rings. The Labute approximate surface area is 161 Å². The molecule has 27 heavy (non-hydrogen) atoms. The van der Waals surface area contributed by atoms with Crippen LogP contribution in [0, 0.1) is 11.8 Å². The fourth-order valence-electron chi connectivity index (χ4n) is 2.03. The van der Waals surface area contributed by atoms with Gasteiger partial charge in [-0.3, -0.25) is 4.98 Å². The molecule has 0 unspecified atom stereocenters. The molecule has 0 radical (unpaired) electrons. The van der Waals surface area contributed by atoms with Gasteiger partial charge in [0, 0.05) is 29.6 Å². The lowest BCUT2D eigenvalue weighted by molar-refractivity contribution is -0.139. The lowest BCUT2D eigenvalue weighted by atomic mass is 10.2. The van der Waals surface area contributed by atoms with E-state index in [0.717, 1.165) is 0 Å². The predicted octanol–water partition coefficient (Wildman–Crippen LogP) is 1.75. The van der Waals surface area contributed by atoms with Gasteiger partial charge in [0.05, 0.1) is 16.2 Å². The van der Waals surface area contributed by atoms with E-state index in [1.807, 2.05) is 0 Å². The highest BCUT2D eigenvalue weighted by molar-refractivity contribution is 7.91. The van der Waals surface area contributed by atoms with Crippen LogP contribution < -0.4 is 4.74 Å². The number of carboxylic acid groups (broad SMARTS) is 1. The van der Waals surface area contributed by atoms with Gasteiger partial charge in [-0.2, -0.15) is 0 Å². The molecule has 2 N–H and O–H groups in total. The first kappa shape index (κ1) is 20.7. The standard InChI is InChI=1S/C18H16ClNO6S/c19-15-4-5-17(26-12-18(22)23)14(9-15)3-2-13-8-16(11-20-10-13)27(24,25)7-1-6-21/h4-5,8-11,21H,1,6-7,12H2,(H,22,23). The van der Waals surface area contributed by atoms with Crippen molar-refractivity contribution >= 4 is 27.4 Å². The molecular weight excluding hydrogens is 394 g/mol. The molecule has 142 valence electrons. The average molecular weight is 410 g/mol. The summed E-state index contributed by atoms with van der Waals surface area (Å²) < 4.78 is 29.5. The first-order valence-corrected chi connectivity index (χ1v) is 9.79. The number of hydrogen-bond acceptors (Lipinski definition) is 6. The van der Waals surface area contributed by atoms with Crippen LogP contribution in [0.15, 0.2) is 41.6 Å². The summed E-state index contributed by atoms with van der Waals surface area (Å²) in [7, 11) is -3.56. The monoisotopic (exact) mass is 409 g/mol. The zero-order chi connectivity index (χ0) is 19.9. The SMILES string of the molecule is O=C(O)COc1ccc(Cl)cc1C#Cc1cncc(S(=O)(=O)CCCO)c1. The van der Waals surface area contributed by atoms with Gasteiger partial charge in [-0.25, -0.2) is 13.2 Å². The minimum absolute atomic E-state index is 0.0104. The van der Waals surface area contributed by atoms with Crippen molar-refractivity contribution in [3.8, 4) is 17.6 Å². The van der Waals surface area contributed by atoms with Crippen LogP contribution in [-0.4, -0.2) is 48.6 Å². The van der Waals surface area contributed by atoms with Gasteiger partial charge in [-0.15, -0.1) is 0 Å². The summed E-state index contributed by atoms with van der Waals surface area (Å²) in [6.07, 6.45) is 2.75. The van der Waals surface area contributed by atoms with Crippen molar-refractivity contribution in [3.05, 3.63) is 52.8 Å². The summed E-state index contributed by atoms with van der Waals surface area (Å²) in [4.78, 5) is 14.6. The molecule has 0 atom stereocenters. The number of aliphatic hydroxyl groups is 1. The van der Waals surface area contributed by atoms with Crippen LogP contribution in [0.1, 0.15) is 17.5 Å². The van der Waals surface area contributed by atoms with Crippen LogP contribution in [0.4, 0.5) is 0 Å². The van der Waals surface area contributed by atoms with Gasteiger partial charge in [-0.05, 0) is 30.7 Å². The smallest absolute Gasteiger partial charge is 0.341 e. The van der Waals surface area contributed by atoms with E-state index in [4.69, 9.17) is 26.6 Å². The molecule has 9 heteroatoms. The molecule has 2 rings (SSSR count). The van der Waals surface area contributed by atoms with Crippen molar-refractivity contribution in [2.45, 2.75) is 11.3 Å². The van der Waals surface area contributed by atoms with E-state index in [9.17, 15) is 13.2 Å². The maximum atomic E-state index is 12.2. The highest BCUT2D eigenvalue weighted by Crippen LogP contribution is 2.22. The second-order valence-electron chi connectivity index (χ2n) is 5.38. The van der Waals surface area contributed by atoms with Gasteiger partial charge in [0.2, 0.25) is 0 Å². The van der Waals surface area contributed by atoms with Crippen LogP contribution >= 0.6 is 11.6 Å². The molecule has 0 amide bonds. The van der Waals surface area contributed by atoms with Gasteiger partial charge in [-0.1, -0.05) is 23.4 Å². The number of carboxylic acids is 1. The third-order valence-corrected chi connectivity index (χ3v) is 5.28. The molecule has 0 saturated heterocycles. The molecule has 0 fully saturated rings. The molecular formula is C18H16ClNO6S. The van der Waals surface area contributed by atoms with E-state index in [-0.39, 0.29) is 29.4 Å². The molecule has 0 bridgehead atoms. The number of rotatable bonds is 7. The maximum Gasteiger partial charge on any atom is 0.341 e. The number of carbonyl (C=O) groups is 1. The van der Waals surface area contributed by atoms with Crippen LogP contribution in [-0.2, 0) is 14.6 Å². The highest BCUT2D eigenvalue weighted by Gasteiger charge is 2.14. The zero-order valence-electron chi connectivity index (χ0n) is 14.1. The summed E-state index contributed by atoms with van der Waals surface area (Å²) in [6, 6.07) is 5.94. The Bertz CT molecular complexity index is 994. The minimum Gasteiger partial charge on any atom is -0.481 e. The number of aromatic nitrogens is 1. The van der Waals surface area contributed by atoms with Gasteiger partial charge in [0.25, 0.3) is 0 Å². The van der Waals surface area contributed by atoms with E-state index in [1.54, 1.807) is 6.07 Å². The highest BCUT2D eigenvalue weighted by atomic mass is 35.5. The fraction of sp³-hybridized carbons (Fsp3) is 0.222. The van der Waals surface area contributed by atoms with Crippen LogP contribution in [0.25, 0.3) is 0 Å². The number of pyridine rings is 1. The number of ether oxygens (including phenoxy) is 1. The number of sulfone groups is 1. The molecule has 0 spiro atoms. The number of aliphatic hydroxyl groups excluding tert-OH is 1. The molecule has 0 aliphatic carbocycles. The summed E-state index contributed by atoms with van der Waals surface area (Å²) in [5.41, 5.74) is 0.710. The van der Waals surface area contributed by atoms with Crippen LogP contribution in [0.5, 0.6) is 5.75 Å². The van der Waals surface area contributed by atoms with Gasteiger partial charge in [0.15, 0.2) is 16.4 Å². The molecule has 7 nitrogen and oxygen atoms in total. The first-order valence-electron chi connectivity index (χ1n) is 7.76. The minimum atomic E-state index is -3.56. The van der Waals surface area contributed by atoms with E-state index < -0.39 is 22.4 Å². The van der Waals surface area contributed by atoms with Crippen molar-refractivity contribution < 1.29 is 28.2 Å². The van der Waals surface area contributed by atoms with E-state index in [1.165, 1.54) is 30.6 Å². The Kier molecular flexibility index (Phi) is 7.19. The number of hydrogen-bond donors (Lipinski definition) is 2. The van der Waals surface area contributed by atoms with Crippen LogP contribution in [0.2, 0.25) is 5.02 Å². The maximum absolute atomic E-state index is 12.2. The van der Waals surface area contributed by atoms with Crippen molar-refractivity contribution in [1.82, 2.24) is 4.98 Å². The normalized spacial score (nSPS) is 10.7. The van der Waals surface area contributed by atoms with E-state index in [2.05, 4.69) is 16.8 Å². The van der Waals surface area contributed by atoms with Crippen molar-refractivity contribution in [1.29, 1.82) is 0 Å². The average Bonchev–Trinajstić information content (AvgIpc) is 2.64. The molecule has 1 heterocycles. The summed E-state index contributed by atoms with van der Waals surface area (Å²) in [6.45, 7) is -0.753. The quantitative estimate of drug-likeness (QED) is 0.669. The second-order valence-corrected chi connectivity index (χ2v) is 7.92. The molecule has 2 aromatic rings. The Hall–Kier alpha value is -2.60. The van der Waals surface area contributed by atoms with E-state index in [0.29, 0.717) is 16.1 Å². The number of halogens is 1. The second kappa shape index (κ2) is 9.37. The Morgan fingerprint density at radius 2 is 2.00 bits per heavy atom. The predicted molar refractivity (Wildman–Crippen MR) is 98.6 cm³/mol. The van der Waals surface area contributed by atoms with E-state index >= 15 is 0 Å². The summed E-state index contributed by atoms with van der Waals surface area (Å²) in [5.74, 6) is 4.48. The zero-order valence-corrected chi connectivity index (χ0v) is 15.6. The van der Waals surface area contributed by atoms with Crippen molar-refractivity contribution in [2.24, 2.45) is 0 Å². The van der Waals surface area contributed by atoms with Gasteiger partial charge < -0.3 is 14.9 Å². The summed E-state index contributed by atoms with van der Waals surface area (Å²) in [5, 5.41) is 17.9. The third kappa shape index (κ3) is 6.25. The topological polar surface area (TPSA) is 114 Å². The number of nitrogens with zero attached hydrogens (tertiary/aromatic N) is 1. The summed E-state index contributed by atoms with van der Waals surface area (Å²) >= 11 is 5.94. The van der Waals surface area contributed by atoms with Crippen molar-refractivity contribution in [3.63, 3.8) is 0 Å². The molecule has 0 saturated carbocycles. The third-order valence-electron chi connectivity index (χ3n) is 3.28. The van der Waals surface area contributed by atoms with Crippen molar-refractivity contribution in [2.75, 3.05) is 19.0 Å². The fourth-order valence-corrected chi connectivity index (χ4v) is 3.48. The largest absolute Gasteiger partial charge is 0.481 e. The molecule has 1 aromatic heterocycles. The van der Waals surface area contributed by atoms with Gasteiger partial charge in [0.1, 0.15) is 5.75 Å². The Morgan fingerprint density at radius 1 is 1.22 bits per heavy atom. The van der Waals surface area contributed by atoms with Gasteiger partial charge >= 0.3 is 5.97 Å². The first-order chi connectivity index (χ1) is 12.8. The Balaban J connectivity index is 2.32. The number of benzene rings is 1. The molecule has 1 aromatic carbocycles.